The third-order valence-corrected chi connectivity index (χ3v) is 4.80. The average molecular weight is 306 g/mol. The first-order valence-corrected chi connectivity index (χ1v) is 8.37. The molecule has 6 nitrogen and oxygen atoms in total. The van der Waals surface area contributed by atoms with Crippen LogP contribution in [0, 0.1) is 5.92 Å². The predicted octanol–water partition coefficient (Wildman–Crippen LogP) is 1.73. The number of aromatic nitrogens is 2. The molecule has 2 fully saturated rings. The van der Waals surface area contributed by atoms with Gasteiger partial charge in [-0.2, -0.15) is 5.10 Å². The van der Waals surface area contributed by atoms with Crippen molar-refractivity contribution in [2.75, 3.05) is 31.6 Å². The number of nitrogens with one attached hydrogen (secondary N) is 1. The summed E-state index contributed by atoms with van der Waals surface area (Å²) in [5, 5.41) is 7.83. The highest BCUT2D eigenvalue weighted by molar-refractivity contribution is 5.76. The molecule has 1 saturated heterocycles. The van der Waals surface area contributed by atoms with Gasteiger partial charge in [-0.3, -0.25) is 9.48 Å². The topological polar surface area (TPSA) is 59.4 Å². The smallest absolute Gasteiger partial charge is 0.244 e. The van der Waals surface area contributed by atoms with Crippen LogP contribution in [0.15, 0.2) is 12.4 Å². The van der Waals surface area contributed by atoms with Crippen LogP contribution < -0.4 is 5.32 Å². The van der Waals surface area contributed by atoms with E-state index in [2.05, 4.69) is 17.3 Å². The van der Waals surface area contributed by atoms with Crippen molar-refractivity contribution < 1.29 is 9.53 Å². The second-order valence-electron chi connectivity index (χ2n) is 6.40. The fourth-order valence-electron chi connectivity index (χ4n) is 3.41. The number of hydrogen-bond donors (Lipinski definition) is 1. The standard InChI is InChI=1S/C16H26N4O2/c1-13(14-4-2-3-5-14)18-15-10-17-20(11-15)12-16(21)19-6-8-22-9-7-19/h10-11,13-14,18H,2-9,12H2,1H3/t13-/m0/s1. The first-order valence-electron chi connectivity index (χ1n) is 8.37. The van der Waals surface area contributed by atoms with E-state index in [0.717, 1.165) is 11.6 Å². The van der Waals surface area contributed by atoms with E-state index >= 15 is 0 Å². The zero-order valence-electron chi connectivity index (χ0n) is 13.3. The zero-order valence-corrected chi connectivity index (χ0v) is 13.3. The number of carbonyl (C=O) groups excluding carboxylic acids is 1. The Hall–Kier alpha value is -1.56. The SMILES string of the molecule is C[C@H](Nc1cnn(CC(=O)N2CCOCC2)c1)C1CCCC1. The van der Waals surface area contributed by atoms with E-state index in [1.54, 1.807) is 4.68 Å². The number of anilines is 1. The number of carbonyl (C=O) groups is 1. The molecule has 1 aliphatic carbocycles. The third kappa shape index (κ3) is 3.80. The van der Waals surface area contributed by atoms with Gasteiger partial charge in [0.25, 0.3) is 0 Å². The minimum absolute atomic E-state index is 0.113. The lowest BCUT2D eigenvalue weighted by atomic mass is 10.00. The highest BCUT2D eigenvalue weighted by Crippen LogP contribution is 2.29. The van der Waals surface area contributed by atoms with Gasteiger partial charge in [0.15, 0.2) is 0 Å². The van der Waals surface area contributed by atoms with Crippen LogP contribution in [0.1, 0.15) is 32.6 Å². The van der Waals surface area contributed by atoms with Crippen LogP contribution in [0.2, 0.25) is 0 Å². The molecule has 1 N–H and O–H groups in total. The van der Waals surface area contributed by atoms with Crippen molar-refractivity contribution >= 4 is 11.6 Å². The first-order chi connectivity index (χ1) is 10.7. The summed E-state index contributed by atoms with van der Waals surface area (Å²) >= 11 is 0. The lowest BCUT2D eigenvalue weighted by Crippen LogP contribution is -2.42. The molecule has 6 heteroatoms. The fraction of sp³-hybridized carbons (Fsp3) is 0.750. The number of amides is 1. The van der Waals surface area contributed by atoms with Crippen molar-refractivity contribution in [1.82, 2.24) is 14.7 Å². The number of ether oxygens (including phenoxy) is 1. The Labute approximate surface area is 131 Å². The minimum atomic E-state index is 0.113. The van der Waals surface area contributed by atoms with Crippen LogP contribution in [0.3, 0.4) is 0 Å². The molecule has 3 rings (SSSR count). The lowest BCUT2D eigenvalue weighted by molar-refractivity contribution is -0.136. The summed E-state index contributed by atoms with van der Waals surface area (Å²) in [4.78, 5) is 14.0. The molecule has 1 atom stereocenters. The van der Waals surface area contributed by atoms with Gasteiger partial charge in [-0.1, -0.05) is 12.8 Å². The van der Waals surface area contributed by atoms with Crippen molar-refractivity contribution in [1.29, 1.82) is 0 Å². The van der Waals surface area contributed by atoms with Gasteiger partial charge in [0.05, 0.1) is 25.1 Å². The van der Waals surface area contributed by atoms with Crippen molar-refractivity contribution in [2.24, 2.45) is 5.92 Å². The molecular weight excluding hydrogens is 280 g/mol. The van der Waals surface area contributed by atoms with Crippen molar-refractivity contribution in [3.8, 4) is 0 Å². The second-order valence-corrected chi connectivity index (χ2v) is 6.40. The summed E-state index contributed by atoms with van der Waals surface area (Å²) in [6.07, 6.45) is 9.09. The van der Waals surface area contributed by atoms with Crippen molar-refractivity contribution in [3.05, 3.63) is 12.4 Å². The Bertz CT molecular complexity index is 490. The van der Waals surface area contributed by atoms with Gasteiger partial charge in [-0.15, -0.1) is 0 Å². The van der Waals surface area contributed by atoms with E-state index in [1.807, 2.05) is 17.3 Å². The summed E-state index contributed by atoms with van der Waals surface area (Å²) in [5.74, 6) is 0.875. The second kappa shape index (κ2) is 7.13. The van der Waals surface area contributed by atoms with Crippen molar-refractivity contribution in [2.45, 2.75) is 45.2 Å². The zero-order chi connectivity index (χ0) is 15.4. The number of morpholine rings is 1. The maximum absolute atomic E-state index is 12.2. The molecule has 0 aromatic carbocycles. The van der Waals surface area contributed by atoms with E-state index in [1.165, 1.54) is 25.7 Å². The highest BCUT2D eigenvalue weighted by atomic mass is 16.5. The monoisotopic (exact) mass is 306 g/mol. The Balaban J connectivity index is 1.50. The van der Waals surface area contributed by atoms with Gasteiger partial charge in [-0.05, 0) is 25.7 Å². The molecule has 2 aliphatic rings. The molecule has 1 aromatic rings. The van der Waals surface area contributed by atoms with Crippen LogP contribution in [0.4, 0.5) is 5.69 Å². The number of rotatable bonds is 5. The molecular formula is C16H26N4O2. The summed E-state index contributed by atoms with van der Waals surface area (Å²) in [6.45, 7) is 5.19. The van der Waals surface area contributed by atoms with Gasteiger partial charge >= 0.3 is 0 Å². The molecule has 1 aromatic heterocycles. The van der Waals surface area contributed by atoms with Crippen molar-refractivity contribution in [3.63, 3.8) is 0 Å². The average Bonchev–Trinajstić information content (AvgIpc) is 3.20. The van der Waals surface area contributed by atoms with Crippen LogP contribution in [0.5, 0.6) is 0 Å². The van der Waals surface area contributed by atoms with Crippen LogP contribution in [0.25, 0.3) is 0 Å². The Morgan fingerprint density at radius 1 is 1.41 bits per heavy atom. The highest BCUT2D eigenvalue weighted by Gasteiger charge is 2.22. The fourth-order valence-corrected chi connectivity index (χ4v) is 3.41. The summed E-state index contributed by atoms with van der Waals surface area (Å²) in [6, 6.07) is 0.468. The van der Waals surface area contributed by atoms with Crippen LogP contribution >= 0.6 is 0 Å². The molecule has 122 valence electrons. The Morgan fingerprint density at radius 2 is 2.14 bits per heavy atom. The first kappa shape index (κ1) is 15.3. The van der Waals surface area contributed by atoms with E-state index in [9.17, 15) is 4.79 Å². The Kier molecular flexibility index (Phi) is 4.97. The van der Waals surface area contributed by atoms with Crippen LogP contribution in [-0.4, -0.2) is 52.9 Å². The maximum atomic E-state index is 12.2. The number of hydrogen-bond acceptors (Lipinski definition) is 4. The summed E-state index contributed by atoms with van der Waals surface area (Å²) in [5.41, 5.74) is 1.01. The van der Waals surface area contributed by atoms with Gasteiger partial charge in [-0.25, -0.2) is 0 Å². The molecule has 0 radical (unpaired) electrons. The van der Waals surface area contributed by atoms with Gasteiger partial charge < -0.3 is 15.0 Å². The predicted molar refractivity (Wildman–Crippen MR) is 84.7 cm³/mol. The van der Waals surface area contributed by atoms with Gasteiger partial charge in [0.2, 0.25) is 5.91 Å². The molecule has 1 aliphatic heterocycles. The minimum Gasteiger partial charge on any atom is -0.380 e. The van der Waals surface area contributed by atoms with E-state index < -0.39 is 0 Å². The normalized spacial score (nSPS) is 21.0. The quantitative estimate of drug-likeness (QED) is 0.900. The van der Waals surface area contributed by atoms with Gasteiger partial charge in [0.1, 0.15) is 6.54 Å². The lowest BCUT2D eigenvalue weighted by Gasteiger charge is -2.26. The molecule has 0 spiro atoms. The largest absolute Gasteiger partial charge is 0.380 e. The van der Waals surface area contributed by atoms with E-state index in [4.69, 9.17) is 4.74 Å². The molecule has 1 saturated carbocycles. The maximum Gasteiger partial charge on any atom is 0.244 e. The molecule has 0 unspecified atom stereocenters. The summed E-state index contributed by atoms with van der Waals surface area (Å²) < 4.78 is 6.99. The third-order valence-electron chi connectivity index (χ3n) is 4.80. The Morgan fingerprint density at radius 3 is 2.86 bits per heavy atom. The molecule has 0 bridgehead atoms. The molecule has 1 amide bonds. The van der Waals surface area contributed by atoms with Gasteiger partial charge in [0, 0.05) is 25.3 Å². The van der Waals surface area contributed by atoms with Crippen LogP contribution in [-0.2, 0) is 16.1 Å². The summed E-state index contributed by atoms with van der Waals surface area (Å²) in [7, 11) is 0. The molecule has 2 heterocycles. The van der Waals surface area contributed by atoms with E-state index in [-0.39, 0.29) is 5.91 Å². The van der Waals surface area contributed by atoms with E-state index in [0.29, 0.717) is 38.9 Å². The number of nitrogens with zero attached hydrogens (tertiary/aromatic N) is 3. The molecule has 22 heavy (non-hydrogen) atoms.